The predicted molar refractivity (Wildman–Crippen MR) is 103 cm³/mol. The van der Waals surface area contributed by atoms with Gasteiger partial charge in [-0.05, 0) is 49.2 Å². The molecule has 1 aromatic heterocycles. The van der Waals surface area contributed by atoms with Crippen molar-refractivity contribution in [2.24, 2.45) is 0 Å². The largest absolute Gasteiger partial charge is 0.508 e. The predicted octanol–water partition coefficient (Wildman–Crippen LogP) is 3.74. The lowest BCUT2D eigenvalue weighted by Gasteiger charge is -2.23. The Balaban J connectivity index is 1.95. The third-order valence-corrected chi connectivity index (χ3v) is 4.18. The number of ether oxygens (including phenoxy) is 1. The lowest BCUT2D eigenvalue weighted by Crippen LogP contribution is -2.28. The van der Waals surface area contributed by atoms with Crippen molar-refractivity contribution in [2.45, 2.75) is 25.9 Å². The van der Waals surface area contributed by atoms with Crippen LogP contribution in [-0.4, -0.2) is 29.7 Å². The van der Waals surface area contributed by atoms with Crippen LogP contribution < -0.4 is 5.43 Å². The minimum Gasteiger partial charge on any atom is -0.508 e. The normalized spacial score (nSPS) is 11.8. The number of aromatic hydroxyl groups is 2. The monoisotopic (exact) mass is 386 g/mol. The van der Waals surface area contributed by atoms with E-state index in [1.807, 2.05) is 13.8 Å². The number of rotatable bonds is 7. The number of hydrogen-bond donors (Lipinski definition) is 2. The zero-order valence-corrected chi connectivity index (χ0v) is 15.9. The molecule has 7 nitrogen and oxygen atoms in total. The second kappa shape index (κ2) is 8.02. The minimum absolute atomic E-state index is 0.00130. The van der Waals surface area contributed by atoms with Gasteiger partial charge in [0, 0.05) is 13.5 Å². The van der Waals surface area contributed by atoms with Crippen molar-refractivity contribution in [3.63, 3.8) is 0 Å². The Labute approximate surface area is 161 Å². The zero-order chi connectivity index (χ0) is 20.3. The van der Waals surface area contributed by atoms with Crippen molar-refractivity contribution in [2.75, 3.05) is 13.9 Å². The highest BCUT2D eigenvalue weighted by Gasteiger charge is 2.23. The Morgan fingerprint density at radius 2 is 1.82 bits per heavy atom. The van der Waals surface area contributed by atoms with Gasteiger partial charge in [0.05, 0.1) is 5.56 Å². The molecule has 0 atom stereocenters. The van der Waals surface area contributed by atoms with Crippen LogP contribution in [0.3, 0.4) is 0 Å². The summed E-state index contributed by atoms with van der Waals surface area (Å²) in [6.07, 6.45) is 1.76. The van der Waals surface area contributed by atoms with Gasteiger partial charge in [-0.1, -0.05) is 12.1 Å². The van der Waals surface area contributed by atoms with Crippen LogP contribution in [0.15, 0.2) is 51.9 Å². The molecule has 7 heteroatoms. The van der Waals surface area contributed by atoms with Crippen LogP contribution in [0.5, 0.6) is 11.5 Å². The Morgan fingerprint density at radius 3 is 2.50 bits per heavy atom. The summed E-state index contributed by atoms with van der Waals surface area (Å²) >= 11 is 0. The van der Waals surface area contributed by atoms with E-state index in [1.165, 1.54) is 31.6 Å². The van der Waals surface area contributed by atoms with Gasteiger partial charge in [-0.3, -0.25) is 4.79 Å². The molecule has 3 aromatic rings. The highest BCUT2D eigenvalue weighted by molar-refractivity contribution is 5.87. The Hall–Kier alpha value is -2.87. The Morgan fingerprint density at radius 1 is 1.11 bits per heavy atom. The lowest BCUT2D eigenvalue weighted by atomic mass is 9.97. The average Bonchev–Trinajstić information content (AvgIpc) is 2.62. The van der Waals surface area contributed by atoms with Crippen molar-refractivity contribution < 1.29 is 29.1 Å². The molecule has 0 saturated heterocycles. The van der Waals surface area contributed by atoms with Gasteiger partial charge in [0.25, 0.3) is 0 Å². The van der Waals surface area contributed by atoms with Gasteiger partial charge in [-0.25, -0.2) is 9.78 Å². The van der Waals surface area contributed by atoms with E-state index in [0.717, 1.165) is 5.56 Å². The number of phenols is 2. The molecule has 2 aromatic carbocycles. The topological polar surface area (TPSA) is 98.4 Å². The summed E-state index contributed by atoms with van der Waals surface area (Å²) in [5, 5.41) is 20.0. The van der Waals surface area contributed by atoms with Gasteiger partial charge in [0.15, 0.2) is 6.79 Å². The maximum absolute atomic E-state index is 12.9. The molecule has 0 saturated carbocycles. The van der Waals surface area contributed by atoms with Crippen LogP contribution in [0, 0.1) is 0 Å². The summed E-state index contributed by atoms with van der Waals surface area (Å²) in [5.41, 5.74) is 0.835. The van der Waals surface area contributed by atoms with Crippen molar-refractivity contribution in [3.8, 4) is 22.6 Å². The van der Waals surface area contributed by atoms with E-state index in [-0.39, 0.29) is 34.7 Å². The molecule has 0 aliphatic heterocycles. The highest BCUT2D eigenvalue weighted by atomic mass is 17.2. The molecule has 0 radical (unpaired) electrons. The minimum atomic E-state index is -0.690. The van der Waals surface area contributed by atoms with E-state index in [2.05, 4.69) is 0 Å². The summed E-state index contributed by atoms with van der Waals surface area (Å²) in [4.78, 5) is 23.1. The molecule has 3 rings (SSSR count). The second-order valence-corrected chi connectivity index (χ2v) is 7.06. The molecule has 148 valence electrons. The van der Waals surface area contributed by atoms with Gasteiger partial charge >= 0.3 is 0 Å². The Kier molecular flexibility index (Phi) is 5.69. The number of methoxy groups -OCH3 is 1. The van der Waals surface area contributed by atoms with E-state index >= 15 is 0 Å². The SMILES string of the molecule is COCOOC(C)(C)Cc1cc(O)c2c(=O)c(-c3ccc(O)cc3)coc2c1. The molecule has 2 N–H and O–H groups in total. The van der Waals surface area contributed by atoms with Crippen LogP contribution in [-0.2, 0) is 20.9 Å². The van der Waals surface area contributed by atoms with Crippen LogP contribution in [0.4, 0.5) is 0 Å². The van der Waals surface area contributed by atoms with Crippen molar-refractivity contribution >= 4 is 11.0 Å². The molecule has 0 aliphatic carbocycles. The highest BCUT2D eigenvalue weighted by Crippen LogP contribution is 2.29. The Bertz CT molecular complexity index is 1020. The summed E-state index contributed by atoms with van der Waals surface area (Å²) in [6, 6.07) is 9.39. The summed E-state index contributed by atoms with van der Waals surface area (Å²) in [6.45, 7) is 3.66. The van der Waals surface area contributed by atoms with Gasteiger partial charge in [0.1, 0.15) is 34.3 Å². The third kappa shape index (κ3) is 4.33. The molecular formula is C21H22O7. The average molecular weight is 386 g/mol. The third-order valence-electron chi connectivity index (χ3n) is 4.18. The molecule has 0 amide bonds. The molecule has 1 heterocycles. The van der Waals surface area contributed by atoms with Crippen LogP contribution in [0.1, 0.15) is 19.4 Å². The fourth-order valence-electron chi connectivity index (χ4n) is 2.98. The van der Waals surface area contributed by atoms with Crippen molar-refractivity contribution in [1.29, 1.82) is 0 Å². The first-order chi connectivity index (χ1) is 13.3. The van der Waals surface area contributed by atoms with Crippen molar-refractivity contribution in [3.05, 3.63) is 58.4 Å². The summed E-state index contributed by atoms with van der Waals surface area (Å²) < 4.78 is 10.4. The lowest BCUT2D eigenvalue weighted by molar-refractivity contribution is -0.381. The standard InChI is InChI=1S/C21H22O7/c1-21(2,28-27-12-25-3)10-13-8-17(23)19-18(9-13)26-11-16(20(19)24)14-4-6-15(22)7-5-14/h4-9,11,22-23H,10,12H2,1-3H3. The maximum atomic E-state index is 12.9. The first-order valence-electron chi connectivity index (χ1n) is 8.67. The van der Waals surface area contributed by atoms with Gasteiger partial charge in [-0.2, -0.15) is 0 Å². The molecule has 0 fully saturated rings. The first kappa shape index (κ1) is 19.9. The summed E-state index contributed by atoms with van der Waals surface area (Å²) in [5.74, 6) is -0.0729. The van der Waals surface area contributed by atoms with E-state index in [1.54, 1.807) is 18.2 Å². The molecular weight excluding hydrogens is 364 g/mol. The zero-order valence-electron chi connectivity index (χ0n) is 15.9. The van der Waals surface area contributed by atoms with Gasteiger partial charge < -0.3 is 19.4 Å². The maximum Gasteiger partial charge on any atom is 0.204 e. The van der Waals surface area contributed by atoms with Gasteiger partial charge in [0.2, 0.25) is 5.43 Å². The van der Waals surface area contributed by atoms with Crippen molar-refractivity contribution in [1.82, 2.24) is 0 Å². The molecule has 0 bridgehead atoms. The number of phenolic OH excluding ortho intramolecular Hbond substituents is 2. The second-order valence-electron chi connectivity index (χ2n) is 7.06. The molecule has 0 spiro atoms. The summed E-state index contributed by atoms with van der Waals surface area (Å²) in [7, 11) is 1.49. The van der Waals surface area contributed by atoms with E-state index in [9.17, 15) is 15.0 Å². The fraction of sp³-hybridized carbons (Fsp3) is 0.286. The molecule has 0 aliphatic rings. The first-order valence-corrected chi connectivity index (χ1v) is 8.67. The van der Waals surface area contributed by atoms with E-state index in [0.29, 0.717) is 17.5 Å². The molecule has 0 unspecified atom stereocenters. The molecule has 28 heavy (non-hydrogen) atoms. The van der Waals surface area contributed by atoms with E-state index in [4.69, 9.17) is 18.9 Å². The smallest absolute Gasteiger partial charge is 0.204 e. The van der Waals surface area contributed by atoms with Gasteiger partial charge in [-0.15, -0.1) is 0 Å². The number of benzene rings is 2. The van der Waals surface area contributed by atoms with E-state index < -0.39 is 5.60 Å². The number of hydrogen-bond acceptors (Lipinski definition) is 7. The van der Waals surface area contributed by atoms with Crippen LogP contribution in [0.25, 0.3) is 22.1 Å². The number of fused-ring (bicyclic) bond motifs is 1. The fourth-order valence-corrected chi connectivity index (χ4v) is 2.98. The quantitative estimate of drug-likeness (QED) is 0.276. The van der Waals surface area contributed by atoms with Crippen LogP contribution in [0.2, 0.25) is 0 Å². The van der Waals surface area contributed by atoms with Crippen LogP contribution >= 0.6 is 0 Å².